The molecule has 0 saturated heterocycles. The van der Waals surface area contributed by atoms with Crippen LogP contribution in [-0.4, -0.2) is 15.1 Å². The summed E-state index contributed by atoms with van der Waals surface area (Å²) in [6.07, 6.45) is -0.615. The number of halogens is 1. The molecule has 0 aliphatic carbocycles. The number of aliphatic hydroxyl groups excluding tert-OH is 1. The predicted octanol–water partition coefficient (Wildman–Crippen LogP) is 3.34. The Balaban J connectivity index is 2.16. The SMILES string of the molecule is O=[N+]([O-])c1ccc(CC(O)c2cc(Br)ccc2O)cc1. The Morgan fingerprint density at radius 2 is 1.85 bits per heavy atom. The van der Waals surface area contributed by atoms with Gasteiger partial charge in [0.1, 0.15) is 5.75 Å². The Kier molecular flexibility index (Phi) is 4.36. The molecule has 0 radical (unpaired) electrons. The van der Waals surface area contributed by atoms with Crippen LogP contribution in [0.4, 0.5) is 5.69 Å². The number of benzene rings is 2. The Hall–Kier alpha value is -1.92. The van der Waals surface area contributed by atoms with Gasteiger partial charge in [0.15, 0.2) is 0 Å². The van der Waals surface area contributed by atoms with Crippen molar-refractivity contribution in [3.8, 4) is 5.75 Å². The van der Waals surface area contributed by atoms with Crippen molar-refractivity contribution in [2.75, 3.05) is 0 Å². The smallest absolute Gasteiger partial charge is 0.269 e. The van der Waals surface area contributed by atoms with Crippen LogP contribution in [0.2, 0.25) is 0 Å². The van der Waals surface area contributed by atoms with Gasteiger partial charge in [-0.25, -0.2) is 0 Å². The Morgan fingerprint density at radius 1 is 1.20 bits per heavy atom. The summed E-state index contributed by atoms with van der Waals surface area (Å²) < 4.78 is 0.757. The molecule has 6 heteroatoms. The fourth-order valence-corrected chi connectivity index (χ4v) is 2.26. The number of phenols is 1. The molecule has 1 atom stereocenters. The lowest BCUT2D eigenvalue weighted by molar-refractivity contribution is -0.384. The molecule has 1 unspecified atom stereocenters. The molecule has 0 fully saturated rings. The molecular weight excluding hydrogens is 326 g/mol. The number of aliphatic hydroxyl groups is 1. The lowest BCUT2D eigenvalue weighted by atomic mass is 10.0. The Bertz CT molecular complexity index is 628. The summed E-state index contributed by atoms with van der Waals surface area (Å²) in [4.78, 5) is 10.1. The van der Waals surface area contributed by atoms with E-state index in [1.165, 1.54) is 18.2 Å². The van der Waals surface area contributed by atoms with Crippen LogP contribution in [0.25, 0.3) is 0 Å². The summed E-state index contributed by atoms with van der Waals surface area (Å²) in [5.41, 5.74) is 1.17. The second kappa shape index (κ2) is 6.02. The number of nitro benzene ring substituents is 1. The second-order valence-electron chi connectivity index (χ2n) is 4.35. The Labute approximate surface area is 123 Å². The summed E-state index contributed by atoms with van der Waals surface area (Å²) in [6.45, 7) is 0. The zero-order valence-corrected chi connectivity index (χ0v) is 11.9. The van der Waals surface area contributed by atoms with E-state index in [2.05, 4.69) is 15.9 Å². The minimum atomic E-state index is -0.881. The van der Waals surface area contributed by atoms with Crippen molar-refractivity contribution in [1.82, 2.24) is 0 Å². The van der Waals surface area contributed by atoms with Crippen molar-refractivity contribution >= 4 is 21.6 Å². The summed E-state index contributed by atoms with van der Waals surface area (Å²) in [7, 11) is 0. The van der Waals surface area contributed by atoms with E-state index in [4.69, 9.17) is 0 Å². The lowest BCUT2D eigenvalue weighted by Gasteiger charge is -2.13. The molecule has 0 aromatic heterocycles. The van der Waals surface area contributed by atoms with Crippen LogP contribution in [-0.2, 0) is 6.42 Å². The van der Waals surface area contributed by atoms with Gasteiger partial charge in [0.25, 0.3) is 5.69 Å². The molecule has 2 aromatic rings. The first-order valence-corrected chi connectivity index (χ1v) is 6.66. The van der Waals surface area contributed by atoms with E-state index in [1.54, 1.807) is 24.3 Å². The average Bonchev–Trinajstić information content (AvgIpc) is 2.42. The van der Waals surface area contributed by atoms with E-state index in [0.29, 0.717) is 5.56 Å². The minimum Gasteiger partial charge on any atom is -0.508 e. The maximum atomic E-state index is 10.6. The van der Waals surface area contributed by atoms with Crippen molar-refractivity contribution in [1.29, 1.82) is 0 Å². The minimum absolute atomic E-state index is 0.00791. The number of nitro groups is 1. The quantitative estimate of drug-likeness (QED) is 0.662. The topological polar surface area (TPSA) is 83.6 Å². The number of non-ortho nitro benzene ring substituents is 1. The summed E-state index contributed by atoms with van der Waals surface area (Å²) in [6, 6.07) is 10.8. The van der Waals surface area contributed by atoms with Crippen molar-refractivity contribution in [2.24, 2.45) is 0 Å². The average molecular weight is 338 g/mol. The highest BCUT2D eigenvalue weighted by Crippen LogP contribution is 2.29. The van der Waals surface area contributed by atoms with E-state index in [-0.39, 0.29) is 17.9 Å². The van der Waals surface area contributed by atoms with Crippen molar-refractivity contribution in [3.63, 3.8) is 0 Å². The third-order valence-corrected chi connectivity index (χ3v) is 3.42. The summed E-state index contributed by atoms with van der Waals surface area (Å²) in [5.74, 6) is 0.0163. The summed E-state index contributed by atoms with van der Waals surface area (Å²) >= 11 is 3.28. The number of rotatable bonds is 4. The van der Waals surface area contributed by atoms with Crippen LogP contribution in [0.15, 0.2) is 46.9 Å². The predicted molar refractivity (Wildman–Crippen MR) is 77.6 cm³/mol. The molecular formula is C14H12BrNO4. The van der Waals surface area contributed by atoms with Crippen LogP contribution < -0.4 is 0 Å². The van der Waals surface area contributed by atoms with Gasteiger partial charge in [0, 0.05) is 28.6 Å². The highest BCUT2D eigenvalue weighted by atomic mass is 79.9. The molecule has 2 N–H and O–H groups in total. The maximum absolute atomic E-state index is 10.6. The van der Waals surface area contributed by atoms with Crippen LogP contribution >= 0.6 is 15.9 Å². The number of hydrogen-bond donors (Lipinski definition) is 2. The molecule has 5 nitrogen and oxygen atoms in total. The van der Waals surface area contributed by atoms with Gasteiger partial charge in [-0.3, -0.25) is 10.1 Å². The molecule has 0 bridgehead atoms. The summed E-state index contributed by atoms with van der Waals surface area (Å²) in [5, 5.41) is 30.4. The molecule has 2 rings (SSSR count). The number of phenolic OH excluding ortho intramolecular Hbond substituents is 1. The van der Waals surface area contributed by atoms with Gasteiger partial charge in [0.05, 0.1) is 11.0 Å². The molecule has 0 spiro atoms. The number of nitrogens with zero attached hydrogens (tertiary/aromatic N) is 1. The maximum Gasteiger partial charge on any atom is 0.269 e. The van der Waals surface area contributed by atoms with Gasteiger partial charge in [-0.1, -0.05) is 28.1 Å². The molecule has 0 aliphatic rings. The fourth-order valence-electron chi connectivity index (χ4n) is 1.88. The second-order valence-corrected chi connectivity index (χ2v) is 5.26. The highest BCUT2D eigenvalue weighted by molar-refractivity contribution is 9.10. The van der Waals surface area contributed by atoms with Gasteiger partial charge in [-0.2, -0.15) is 0 Å². The third kappa shape index (κ3) is 3.34. The molecule has 0 amide bonds. The lowest BCUT2D eigenvalue weighted by Crippen LogP contribution is -2.02. The van der Waals surface area contributed by atoms with E-state index < -0.39 is 11.0 Å². The normalized spacial score (nSPS) is 12.1. The van der Waals surface area contributed by atoms with Crippen molar-refractivity contribution < 1.29 is 15.1 Å². The van der Waals surface area contributed by atoms with Crippen LogP contribution in [0, 0.1) is 10.1 Å². The van der Waals surface area contributed by atoms with Gasteiger partial charge in [0.2, 0.25) is 0 Å². The highest BCUT2D eigenvalue weighted by Gasteiger charge is 2.14. The van der Waals surface area contributed by atoms with E-state index >= 15 is 0 Å². The van der Waals surface area contributed by atoms with Gasteiger partial charge in [-0.15, -0.1) is 0 Å². The molecule has 104 valence electrons. The van der Waals surface area contributed by atoms with Crippen LogP contribution in [0.3, 0.4) is 0 Å². The third-order valence-electron chi connectivity index (χ3n) is 2.92. The largest absolute Gasteiger partial charge is 0.508 e. The van der Waals surface area contributed by atoms with Crippen LogP contribution in [0.1, 0.15) is 17.2 Å². The standard InChI is InChI=1S/C14H12BrNO4/c15-10-3-6-13(17)12(8-10)14(18)7-9-1-4-11(5-2-9)16(19)20/h1-6,8,14,17-18H,7H2. The number of hydrogen-bond acceptors (Lipinski definition) is 4. The van der Waals surface area contributed by atoms with Gasteiger partial charge >= 0.3 is 0 Å². The van der Waals surface area contributed by atoms with E-state index in [1.807, 2.05) is 0 Å². The first-order valence-electron chi connectivity index (χ1n) is 5.87. The molecule has 0 aliphatic heterocycles. The number of aromatic hydroxyl groups is 1. The first-order chi connectivity index (χ1) is 9.47. The Morgan fingerprint density at radius 3 is 2.45 bits per heavy atom. The zero-order valence-electron chi connectivity index (χ0n) is 10.4. The fraction of sp³-hybridized carbons (Fsp3) is 0.143. The molecule has 0 saturated carbocycles. The molecule has 0 heterocycles. The van der Waals surface area contributed by atoms with Crippen molar-refractivity contribution in [3.05, 3.63) is 68.2 Å². The van der Waals surface area contributed by atoms with Crippen molar-refractivity contribution in [2.45, 2.75) is 12.5 Å². The molecule has 2 aromatic carbocycles. The van der Waals surface area contributed by atoms with Crippen LogP contribution in [0.5, 0.6) is 5.75 Å². The van der Waals surface area contributed by atoms with E-state index in [0.717, 1.165) is 10.0 Å². The van der Waals surface area contributed by atoms with Gasteiger partial charge < -0.3 is 10.2 Å². The zero-order chi connectivity index (χ0) is 14.7. The van der Waals surface area contributed by atoms with Gasteiger partial charge in [-0.05, 0) is 23.8 Å². The first kappa shape index (κ1) is 14.5. The van der Waals surface area contributed by atoms with E-state index in [9.17, 15) is 20.3 Å². The molecule has 20 heavy (non-hydrogen) atoms. The monoisotopic (exact) mass is 337 g/mol.